The number of aromatic nitrogens is 2. The number of amides is 1. The van der Waals surface area contributed by atoms with Gasteiger partial charge in [0.2, 0.25) is 0 Å². The van der Waals surface area contributed by atoms with Crippen LogP contribution in [-0.2, 0) is 6.42 Å². The van der Waals surface area contributed by atoms with Crippen LogP contribution in [0.5, 0.6) is 0 Å². The first-order valence-electron chi connectivity index (χ1n) is 7.00. The van der Waals surface area contributed by atoms with Crippen molar-refractivity contribution >= 4 is 16.9 Å². The summed E-state index contributed by atoms with van der Waals surface area (Å²) in [6.45, 7) is 2.50. The Bertz CT molecular complexity index is 744. The highest BCUT2D eigenvalue weighted by Gasteiger charge is 2.16. The number of furan rings is 1. The van der Waals surface area contributed by atoms with Crippen LogP contribution in [0, 0.1) is 6.92 Å². The summed E-state index contributed by atoms with van der Waals surface area (Å²) in [5.74, 6) is 1.17. The largest absolute Gasteiger partial charge is 0.451 e. The minimum atomic E-state index is -0.164. The molecule has 1 amide bonds. The molecule has 0 aliphatic rings. The van der Waals surface area contributed by atoms with Gasteiger partial charge in [-0.25, -0.2) is 4.98 Å². The first-order chi connectivity index (χ1) is 10.3. The molecule has 0 aliphatic heterocycles. The van der Waals surface area contributed by atoms with Crippen molar-refractivity contribution in [3.63, 3.8) is 0 Å². The molecule has 0 radical (unpaired) electrons. The van der Waals surface area contributed by atoms with Crippen molar-refractivity contribution in [3.8, 4) is 0 Å². The van der Waals surface area contributed by atoms with Crippen molar-refractivity contribution in [2.24, 2.45) is 0 Å². The van der Waals surface area contributed by atoms with Crippen molar-refractivity contribution in [2.45, 2.75) is 19.8 Å². The van der Waals surface area contributed by atoms with E-state index in [1.54, 1.807) is 12.4 Å². The van der Waals surface area contributed by atoms with Gasteiger partial charge in [0.25, 0.3) is 5.91 Å². The van der Waals surface area contributed by atoms with E-state index < -0.39 is 0 Å². The number of nitrogens with one attached hydrogen (secondary N) is 2. The van der Waals surface area contributed by atoms with Gasteiger partial charge in [0, 0.05) is 36.3 Å². The van der Waals surface area contributed by atoms with Gasteiger partial charge in [-0.1, -0.05) is 18.2 Å². The fourth-order valence-electron chi connectivity index (χ4n) is 2.36. The Morgan fingerprint density at radius 2 is 2.24 bits per heavy atom. The predicted octanol–water partition coefficient (Wildman–Crippen LogP) is 2.83. The lowest BCUT2D eigenvalue weighted by Gasteiger charge is -2.03. The zero-order valence-electron chi connectivity index (χ0n) is 11.8. The molecular weight excluding hydrogens is 266 g/mol. The lowest BCUT2D eigenvalue weighted by Crippen LogP contribution is -2.25. The van der Waals surface area contributed by atoms with Gasteiger partial charge >= 0.3 is 0 Å². The number of para-hydroxylation sites is 1. The minimum Gasteiger partial charge on any atom is -0.451 e. The van der Waals surface area contributed by atoms with Crippen molar-refractivity contribution in [1.82, 2.24) is 15.3 Å². The summed E-state index contributed by atoms with van der Waals surface area (Å²) in [5.41, 5.74) is 1.63. The van der Waals surface area contributed by atoms with Crippen LogP contribution in [0.1, 0.15) is 28.4 Å². The van der Waals surface area contributed by atoms with Gasteiger partial charge in [-0.05, 0) is 19.4 Å². The normalized spacial score (nSPS) is 10.9. The van der Waals surface area contributed by atoms with Crippen LogP contribution >= 0.6 is 0 Å². The molecular formula is C16H17N3O2. The van der Waals surface area contributed by atoms with E-state index in [1.165, 1.54) is 0 Å². The molecule has 0 saturated carbocycles. The van der Waals surface area contributed by atoms with Crippen LogP contribution in [0.15, 0.2) is 41.1 Å². The number of H-pyrrole nitrogens is 1. The maximum Gasteiger partial charge on any atom is 0.287 e. The van der Waals surface area contributed by atoms with E-state index in [1.807, 2.05) is 31.2 Å². The molecule has 108 valence electrons. The predicted molar refractivity (Wildman–Crippen MR) is 80.2 cm³/mol. The molecule has 0 atom stereocenters. The van der Waals surface area contributed by atoms with Crippen LogP contribution in [0.3, 0.4) is 0 Å². The van der Waals surface area contributed by atoms with E-state index in [0.717, 1.165) is 35.2 Å². The number of rotatable bonds is 5. The molecule has 1 aromatic carbocycles. The summed E-state index contributed by atoms with van der Waals surface area (Å²) >= 11 is 0. The fourth-order valence-corrected chi connectivity index (χ4v) is 2.36. The van der Waals surface area contributed by atoms with Gasteiger partial charge in [0.1, 0.15) is 11.4 Å². The van der Waals surface area contributed by atoms with Crippen LogP contribution < -0.4 is 5.32 Å². The molecule has 0 bridgehead atoms. The van der Waals surface area contributed by atoms with Gasteiger partial charge in [0.05, 0.1) is 0 Å². The number of imidazole rings is 1. The van der Waals surface area contributed by atoms with Gasteiger partial charge in [-0.2, -0.15) is 0 Å². The Balaban J connectivity index is 1.60. The summed E-state index contributed by atoms with van der Waals surface area (Å²) in [4.78, 5) is 19.4. The number of nitrogens with zero attached hydrogens (tertiary/aromatic N) is 1. The van der Waals surface area contributed by atoms with Crippen molar-refractivity contribution < 1.29 is 9.21 Å². The second-order valence-corrected chi connectivity index (χ2v) is 4.95. The first kappa shape index (κ1) is 13.4. The monoisotopic (exact) mass is 283 g/mol. The van der Waals surface area contributed by atoms with Gasteiger partial charge in [-0.3, -0.25) is 4.79 Å². The Labute approximate surface area is 122 Å². The van der Waals surface area contributed by atoms with Gasteiger partial charge in [-0.15, -0.1) is 0 Å². The van der Waals surface area contributed by atoms with Crippen LogP contribution in [0.2, 0.25) is 0 Å². The van der Waals surface area contributed by atoms with E-state index in [-0.39, 0.29) is 5.91 Å². The summed E-state index contributed by atoms with van der Waals surface area (Å²) in [6.07, 6.45) is 5.17. The molecule has 0 saturated heterocycles. The van der Waals surface area contributed by atoms with Crippen LogP contribution in [0.4, 0.5) is 0 Å². The molecule has 3 rings (SSSR count). The zero-order chi connectivity index (χ0) is 14.7. The summed E-state index contributed by atoms with van der Waals surface area (Å²) < 4.78 is 5.63. The third-order valence-electron chi connectivity index (χ3n) is 3.48. The molecule has 5 nitrogen and oxygen atoms in total. The maximum atomic E-state index is 12.2. The smallest absolute Gasteiger partial charge is 0.287 e. The number of carbonyl (C=O) groups is 1. The van der Waals surface area contributed by atoms with Crippen molar-refractivity contribution in [2.75, 3.05) is 6.54 Å². The molecule has 21 heavy (non-hydrogen) atoms. The molecule has 0 fully saturated rings. The number of benzene rings is 1. The summed E-state index contributed by atoms with van der Waals surface area (Å²) in [6, 6.07) is 7.67. The SMILES string of the molecule is Cc1c(C(=O)NCCCc2ncc[nH]2)oc2ccccc12. The van der Waals surface area contributed by atoms with E-state index in [0.29, 0.717) is 12.3 Å². The Kier molecular flexibility index (Phi) is 3.73. The zero-order valence-corrected chi connectivity index (χ0v) is 11.8. The number of carbonyl (C=O) groups excluding carboxylic acids is 1. The van der Waals surface area contributed by atoms with Crippen molar-refractivity contribution in [1.29, 1.82) is 0 Å². The minimum absolute atomic E-state index is 0.164. The van der Waals surface area contributed by atoms with E-state index in [2.05, 4.69) is 15.3 Å². The second-order valence-electron chi connectivity index (χ2n) is 4.95. The highest BCUT2D eigenvalue weighted by molar-refractivity contribution is 5.98. The lowest BCUT2D eigenvalue weighted by molar-refractivity contribution is 0.0927. The Morgan fingerprint density at radius 1 is 1.38 bits per heavy atom. The van der Waals surface area contributed by atoms with E-state index in [9.17, 15) is 4.79 Å². The Morgan fingerprint density at radius 3 is 3.00 bits per heavy atom. The number of fused-ring (bicyclic) bond motifs is 1. The molecule has 0 spiro atoms. The maximum absolute atomic E-state index is 12.2. The highest BCUT2D eigenvalue weighted by atomic mass is 16.3. The number of aromatic amines is 1. The molecule has 5 heteroatoms. The molecule has 0 unspecified atom stereocenters. The number of hydrogen-bond acceptors (Lipinski definition) is 3. The number of aryl methyl sites for hydroxylation is 2. The second kappa shape index (κ2) is 5.83. The average molecular weight is 283 g/mol. The number of hydrogen-bond donors (Lipinski definition) is 2. The van der Waals surface area contributed by atoms with Crippen LogP contribution in [0.25, 0.3) is 11.0 Å². The van der Waals surface area contributed by atoms with Gasteiger partial charge in [0.15, 0.2) is 5.76 Å². The summed E-state index contributed by atoms with van der Waals surface area (Å²) in [7, 11) is 0. The highest BCUT2D eigenvalue weighted by Crippen LogP contribution is 2.24. The fraction of sp³-hybridized carbons (Fsp3) is 0.250. The van der Waals surface area contributed by atoms with Crippen LogP contribution in [-0.4, -0.2) is 22.4 Å². The van der Waals surface area contributed by atoms with E-state index in [4.69, 9.17) is 4.42 Å². The van der Waals surface area contributed by atoms with Gasteiger partial charge < -0.3 is 14.7 Å². The molecule has 0 aliphatic carbocycles. The molecule has 2 N–H and O–H groups in total. The lowest BCUT2D eigenvalue weighted by atomic mass is 10.1. The molecule has 3 aromatic rings. The topological polar surface area (TPSA) is 70.9 Å². The quantitative estimate of drug-likeness (QED) is 0.707. The first-order valence-corrected chi connectivity index (χ1v) is 7.00. The Hall–Kier alpha value is -2.56. The third kappa shape index (κ3) is 2.81. The standard InChI is InChI=1S/C16H17N3O2/c1-11-12-5-2-3-6-13(12)21-15(11)16(20)19-8-4-7-14-17-9-10-18-14/h2-3,5-6,9-10H,4,7-8H2,1H3,(H,17,18)(H,19,20). The third-order valence-corrected chi connectivity index (χ3v) is 3.48. The molecule has 2 heterocycles. The summed E-state index contributed by atoms with van der Waals surface area (Å²) in [5, 5.41) is 3.87. The molecule has 2 aromatic heterocycles. The van der Waals surface area contributed by atoms with Crippen molar-refractivity contribution in [3.05, 3.63) is 53.8 Å². The average Bonchev–Trinajstić information content (AvgIpc) is 3.12. The van der Waals surface area contributed by atoms with E-state index >= 15 is 0 Å².